The number of carbonyl (C=O) groups is 1. The Kier molecular flexibility index (Phi) is 5.51. The third-order valence-corrected chi connectivity index (χ3v) is 6.10. The lowest BCUT2D eigenvalue weighted by Gasteiger charge is -2.34. The molecule has 2 aromatic rings. The summed E-state index contributed by atoms with van der Waals surface area (Å²) in [5.41, 5.74) is 3.73. The first kappa shape index (κ1) is 20.1. The molecule has 0 saturated heterocycles. The van der Waals surface area contributed by atoms with Crippen molar-refractivity contribution in [1.29, 1.82) is 0 Å². The molecule has 7 heteroatoms. The van der Waals surface area contributed by atoms with E-state index in [-0.39, 0.29) is 11.3 Å². The predicted molar refractivity (Wildman–Crippen MR) is 116 cm³/mol. The van der Waals surface area contributed by atoms with Crippen LogP contribution in [0, 0.1) is 5.41 Å². The second-order valence-corrected chi connectivity index (χ2v) is 9.58. The van der Waals surface area contributed by atoms with Gasteiger partial charge in [0.1, 0.15) is 24.0 Å². The molecule has 2 heterocycles. The van der Waals surface area contributed by atoms with Crippen LogP contribution in [0.2, 0.25) is 0 Å². The Morgan fingerprint density at radius 1 is 1.34 bits per heavy atom. The Balaban J connectivity index is 1.74. The third-order valence-electron chi connectivity index (χ3n) is 5.61. The van der Waals surface area contributed by atoms with Crippen LogP contribution in [-0.2, 0) is 30.7 Å². The lowest BCUT2D eigenvalue weighted by Crippen LogP contribution is -2.32. The molecule has 1 aliphatic carbocycles. The molecule has 29 heavy (non-hydrogen) atoms. The van der Waals surface area contributed by atoms with E-state index in [9.17, 15) is 4.79 Å². The quantitative estimate of drug-likeness (QED) is 0.757. The van der Waals surface area contributed by atoms with Crippen molar-refractivity contribution in [2.75, 3.05) is 18.1 Å². The molecule has 4 rings (SSSR count). The number of carbonyl (C=O) groups excluding carboxylic acids is 1. The maximum atomic E-state index is 11.4. The molecule has 1 aromatic heterocycles. The van der Waals surface area contributed by atoms with Gasteiger partial charge in [-0.2, -0.15) is 0 Å². The molecule has 0 atom stereocenters. The van der Waals surface area contributed by atoms with Crippen molar-refractivity contribution in [2.24, 2.45) is 5.41 Å². The predicted octanol–water partition coefficient (Wildman–Crippen LogP) is 3.79. The molecule has 1 aromatic carbocycles. The lowest BCUT2D eigenvalue weighted by molar-refractivity contribution is -0.119. The van der Waals surface area contributed by atoms with Crippen molar-refractivity contribution >= 4 is 27.7 Å². The summed E-state index contributed by atoms with van der Waals surface area (Å²) in [6.45, 7) is 8.59. The number of rotatable bonds is 3. The van der Waals surface area contributed by atoms with Crippen LogP contribution in [-0.4, -0.2) is 29.0 Å². The molecule has 0 saturated carbocycles. The van der Waals surface area contributed by atoms with Gasteiger partial charge in [-0.05, 0) is 42.9 Å². The van der Waals surface area contributed by atoms with Gasteiger partial charge in [0.05, 0.1) is 13.1 Å². The summed E-state index contributed by atoms with van der Waals surface area (Å²) < 4.78 is 7.03. The lowest BCUT2D eigenvalue weighted by atomic mass is 9.76. The van der Waals surface area contributed by atoms with Gasteiger partial charge >= 0.3 is 0 Å². The van der Waals surface area contributed by atoms with E-state index >= 15 is 0 Å². The fourth-order valence-corrected chi connectivity index (χ4v) is 4.47. The molecule has 1 N–H and O–H groups in total. The monoisotopic (exact) mass is 458 g/mol. The van der Waals surface area contributed by atoms with Gasteiger partial charge in [0.25, 0.3) is 0 Å². The van der Waals surface area contributed by atoms with Crippen LogP contribution in [0.4, 0.5) is 5.82 Å². The van der Waals surface area contributed by atoms with Crippen molar-refractivity contribution in [3.05, 3.63) is 45.3 Å². The Bertz CT molecular complexity index is 945. The van der Waals surface area contributed by atoms with E-state index in [1.165, 1.54) is 12.5 Å². The van der Waals surface area contributed by atoms with Crippen molar-refractivity contribution in [2.45, 2.75) is 53.1 Å². The first-order valence-electron chi connectivity index (χ1n) is 10.1. The molecule has 0 bridgehead atoms. The maximum absolute atomic E-state index is 11.4. The molecule has 0 radical (unpaired) electrons. The number of nitrogens with zero attached hydrogens (tertiary/aromatic N) is 3. The van der Waals surface area contributed by atoms with Crippen LogP contribution in [0.1, 0.15) is 49.8 Å². The van der Waals surface area contributed by atoms with E-state index in [1.54, 1.807) is 0 Å². The van der Waals surface area contributed by atoms with Crippen molar-refractivity contribution < 1.29 is 9.53 Å². The summed E-state index contributed by atoms with van der Waals surface area (Å²) in [6, 6.07) is 6.14. The number of fused-ring (bicyclic) bond motifs is 2. The van der Waals surface area contributed by atoms with E-state index in [2.05, 4.69) is 46.1 Å². The number of aryl methyl sites for hydroxylation is 1. The highest BCUT2D eigenvalue weighted by atomic mass is 79.9. The Hall–Kier alpha value is -2.15. The topological polar surface area (TPSA) is 67.4 Å². The molecule has 0 spiro atoms. The van der Waals surface area contributed by atoms with E-state index in [0.717, 1.165) is 59.6 Å². The van der Waals surface area contributed by atoms with E-state index in [0.29, 0.717) is 19.0 Å². The van der Waals surface area contributed by atoms with Gasteiger partial charge in [-0.25, -0.2) is 9.97 Å². The average molecular weight is 459 g/mol. The minimum absolute atomic E-state index is 0.0732. The highest BCUT2D eigenvalue weighted by Crippen LogP contribution is 2.39. The number of aromatic nitrogens is 2. The van der Waals surface area contributed by atoms with E-state index in [1.807, 2.05) is 12.1 Å². The second-order valence-electron chi connectivity index (χ2n) is 8.66. The van der Waals surface area contributed by atoms with Gasteiger partial charge in [-0.1, -0.05) is 29.8 Å². The van der Waals surface area contributed by atoms with Gasteiger partial charge in [0.15, 0.2) is 0 Å². The van der Waals surface area contributed by atoms with Gasteiger partial charge in [0, 0.05) is 34.8 Å². The summed E-state index contributed by atoms with van der Waals surface area (Å²) in [5.74, 6) is 2.52. The van der Waals surface area contributed by atoms with Crippen molar-refractivity contribution in [3.63, 3.8) is 0 Å². The van der Waals surface area contributed by atoms with Crippen LogP contribution in [0.3, 0.4) is 0 Å². The Labute approximate surface area is 180 Å². The fraction of sp³-hybridized carbons (Fsp3) is 0.500. The van der Waals surface area contributed by atoms with Gasteiger partial charge in [0.2, 0.25) is 5.91 Å². The highest BCUT2D eigenvalue weighted by molar-refractivity contribution is 9.10. The standard InChI is InChI=1S/C22H27BrN4O2/c1-14(28)24-12-20-25-18-6-7-22(2,3)11-17(18)21(26-20)27-8-9-29-19-5-4-16(23)10-15(19)13-27/h4-5,10H,6-9,11-13H2,1-3H3,(H,24,28). The number of nitrogens with one attached hydrogen (secondary N) is 1. The van der Waals surface area contributed by atoms with Gasteiger partial charge < -0.3 is 15.0 Å². The first-order chi connectivity index (χ1) is 13.8. The number of anilines is 1. The van der Waals surface area contributed by atoms with Gasteiger partial charge in [-0.15, -0.1) is 0 Å². The number of hydrogen-bond donors (Lipinski definition) is 1. The zero-order chi connectivity index (χ0) is 20.6. The summed E-state index contributed by atoms with van der Waals surface area (Å²) >= 11 is 3.57. The van der Waals surface area contributed by atoms with E-state index < -0.39 is 0 Å². The normalized spacial score (nSPS) is 17.6. The maximum Gasteiger partial charge on any atom is 0.217 e. The SMILES string of the molecule is CC(=O)NCc1nc2c(c(N3CCOc4ccc(Br)cc4C3)n1)CC(C)(C)CC2. The molecule has 1 amide bonds. The van der Waals surface area contributed by atoms with Gasteiger partial charge in [-0.3, -0.25) is 4.79 Å². The second kappa shape index (κ2) is 7.94. The van der Waals surface area contributed by atoms with Crippen LogP contribution >= 0.6 is 15.9 Å². The molecular formula is C22H27BrN4O2. The molecule has 0 fully saturated rings. The van der Waals surface area contributed by atoms with Crippen molar-refractivity contribution in [1.82, 2.24) is 15.3 Å². The Morgan fingerprint density at radius 2 is 2.17 bits per heavy atom. The number of benzene rings is 1. The number of hydrogen-bond acceptors (Lipinski definition) is 5. The molecular weight excluding hydrogens is 432 g/mol. The molecule has 6 nitrogen and oxygen atoms in total. The zero-order valence-corrected chi connectivity index (χ0v) is 18.8. The average Bonchev–Trinajstić information content (AvgIpc) is 2.87. The zero-order valence-electron chi connectivity index (χ0n) is 17.2. The number of ether oxygens (including phenoxy) is 1. The fourth-order valence-electron chi connectivity index (χ4n) is 4.07. The van der Waals surface area contributed by atoms with Crippen LogP contribution in [0.5, 0.6) is 5.75 Å². The minimum Gasteiger partial charge on any atom is -0.491 e. The molecule has 1 aliphatic heterocycles. The highest BCUT2D eigenvalue weighted by Gasteiger charge is 2.31. The number of halogens is 1. The smallest absolute Gasteiger partial charge is 0.217 e. The molecule has 154 valence electrons. The first-order valence-corrected chi connectivity index (χ1v) is 10.9. The van der Waals surface area contributed by atoms with Crippen LogP contribution in [0.25, 0.3) is 0 Å². The minimum atomic E-state index is -0.0732. The summed E-state index contributed by atoms with van der Waals surface area (Å²) in [5, 5.41) is 2.84. The Morgan fingerprint density at radius 3 is 2.97 bits per heavy atom. The molecule has 0 unspecified atom stereocenters. The van der Waals surface area contributed by atoms with Crippen LogP contribution in [0.15, 0.2) is 22.7 Å². The third kappa shape index (κ3) is 4.55. The van der Waals surface area contributed by atoms with Crippen LogP contribution < -0.4 is 15.0 Å². The molecule has 2 aliphatic rings. The summed E-state index contributed by atoms with van der Waals surface area (Å²) in [7, 11) is 0. The number of amides is 1. The van der Waals surface area contributed by atoms with Crippen molar-refractivity contribution in [3.8, 4) is 5.75 Å². The van der Waals surface area contributed by atoms with E-state index in [4.69, 9.17) is 14.7 Å². The largest absolute Gasteiger partial charge is 0.491 e. The summed E-state index contributed by atoms with van der Waals surface area (Å²) in [4.78, 5) is 23.4. The summed E-state index contributed by atoms with van der Waals surface area (Å²) in [6.07, 6.45) is 3.01.